The Labute approximate surface area is 118 Å². The number of nitrogens with one attached hydrogen (secondary N) is 1. The van der Waals surface area contributed by atoms with Crippen LogP contribution in [0.4, 0.5) is 0 Å². The number of aromatic nitrogens is 2. The largest absolute Gasteiger partial charge is 0.383 e. The van der Waals surface area contributed by atoms with Gasteiger partial charge in [0.1, 0.15) is 0 Å². The molecule has 5 heteroatoms. The van der Waals surface area contributed by atoms with Crippen LogP contribution in [0.25, 0.3) is 5.69 Å². The topological polar surface area (TPSA) is 39.1 Å². The Morgan fingerprint density at radius 2 is 2.26 bits per heavy atom. The molecule has 1 heterocycles. The molecule has 1 aromatic heterocycles. The molecule has 2 aromatic rings. The van der Waals surface area contributed by atoms with Crippen LogP contribution >= 0.6 is 11.6 Å². The van der Waals surface area contributed by atoms with Crippen molar-refractivity contribution in [1.29, 1.82) is 0 Å². The molecule has 102 valence electrons. The SMILES string of the molecule is COCCNCc1ccc(-n2cc(C)cn2)cc1Cl. The Balaban J connectivity index is 2.04. The van der Waals surface area contributed by atoms with Gasteiger partial charge in [-0.1, -0.05) is 17.7 Å². The van der Waals surface area contributed by atoms with Gasteiger partial charge in [-0.2, -0.15) is 5.10 Å². The summed E-state index contributed by atoms with van der Waals surface area (Å²) in [6.07, 6.45) is 3.80. The third-order valence-corrected chi connectivity index (χ3v) is 3.16. The molecule has 0 aliphatic heterocycles. The van der Waals surface area contributed by atoms with Crippen LogP contribution in [0.2, 0.25) is 5.02 Å². The highest BCUT2D eigenvalue weighted by Crippen LogP contribution is 2.20. The summed E-state index contributed by atoms with van der Waals surface area (Å²) < 4.78 is 6.80. The highest BCUT2D eigenvalue weighted by Gasteiger charge is 2.04. The molecule has 4 nitrogen and oxygen atoms in total. The van der Waals surface area contributed by atoms with E-state index in [1.807, 2.05) is 42.2 Å². The standard InChI is InChI=1S/C14H18ClN3O/c1-11-8-17-18(10-11)13-4-3-12(14(15)7-13)9-16-5-6-19-2/h3-4,7-8,10,16H,5-6,9H2,1-2H3. The first-order chi connectivity index (χ1) is 9.20. The fourth-order valence-corrected chi connectivity index (χ4v) is 2.02. The van der Waals surface area contributed by atoms with Crippen LogP contribution in [0.5, 0.6) is 0 Å². The van der Waals surface area contributed by atoms with Gasteiger partial charge in [0.2, 0.25) is 0 Å². The molecule has 0 amide bonds. The molecule has 1 aromatic carbocycles. The van der Waals surface area contributed by atoms with Crippen LogP contribution in [0.1, 0.15) is 11.1 Å². The first-order valence-electron chi connectivity index (χ1n) is 6.20. The van der Waals surface area contributed by atoms with Gasteiger partial charge < -0.3 is 10.1 Å². The Bertz CT molecular complexity index is 539. The van der Waals surface area contributed by atoms with Gasteiger partial charge in [-0.25, -0.2) is 4.68 Å². The molecule has 0 unspecified atom stereocenters. The zero-order valence-electron chi connectivity index (χ0n) is 11.2. The molecular weight excluding hydrogens is 262 g/mol. The summed E-state index contributed by atoms with van der Waals surface area (Å²) in [7, 11) is 1.69. The van der Waals surface area contributed by atoms with E-state index in [0.717, 1.165) is 34.9 Å². The summed E-state index contributed by atoms with van der Waals surface area (Å²) in [5.41, 5.74) is 3.17. The molecular formula is C14H18ClN3O. The highest BCUT2D eigenvalue weighted by molar-refractivity contribution is 6.31. The summed E-state index contributed by atoms with van der Waals surface area (Å²) in [5, 5.41) is 8.29. The van der Waals surface area contributed by atoms with Crippen LogP contribution in [-0.4, -0.2) is 30.0 Å². The second-order valence-corrected chi connectivity index (χ2v) is 4.81. The first-order valence-corrected chi connectivity index (χ1v) is 6.58. The predicted molar refractivity (Wildman–Crippen MR) is 76.9 cm³/mol. The minimum Gasteiger partial charge on any atom is -0.383 e. The normalized spacial score (nSPS) is 10.9. The van der Waals surface area contributed by atoms with E-state index in [0.29, 0.717) is 6.61 Å². The highest BCUT2D eigenvalue weighted by atomic mass is 35.5. The van der Waals surface area contributed by atoms with Gasteiger partial charge in [0.05, 0.1) is 18.5 Å². The van der Waals surface area contributed by atoms with Crippen LogP contribution < -0.4 is 5.32 Å². The van der Waals surface area contributed by atoms with Gasteiger partial charge in [0.25, 0.3) is 0 Å². The van der Waals surface area contributed by atoms with E-state index in [-0.39, 0.29) is 0 Å². The molecule has 0 aliphatic rings. The molecule has 0 aliphatic carbocycles. The number of benzene rings is 1. The predicted octanol–water partition coefficient (Wildman–Crippen LogP) is 2.57. The van der Waals surface area contributed by atoms with Gasteiger partial charge in [0.15, 0.2) is 0 Å². The van der Waals surface area contributed by atoms with E-state index >= 15 is 0 Å². The van der Waals surface area contributed by atoms with E-state index in [1.165, 1.54) is 0 Å². The third kappa shape index (κ3) is 3.80. The number of hydrogen-bond donors (Lipinski definition) is 1. The van der Waals surface area contributed by atoms with Gasteiger partial charge in [-0.15, -0.1) is 0 Å². The van der Waals surface area contributed by atoms with Crippen molar-refractivity contribution >= 4 is 11.6 Å². The van der Waals surface area contributed by atoms with Crippen molar-refractivity contribution in [2.24, 2.45) is 0 Å². The van der Waals surface area contributed by atoms with Crippen molar-refractivity contribution < 1.29 is 4.74 Å². The summed E-state index contributed by atoms with van der Waals surface area (Å²) in [4.78, 5) is 0. The molecule has 19 heavy (non-hydrogen) atoms. The molecule has 0 saturated heterocycles. The summed E-state index contributed by atoms with van der Waals surface area (Å²) in [6.45, 7) is 4.26. The first kappa shape index (κ1) is 14.1. The van der Waals surface area contributed by atoms with E-state index < -0.39 is 0 Å². The summed E-state index contributed by atoms with van der Waals surface area (Å²) >= 11 is 6.29. The monoisotopic (exact) mass is 279 g/mol. The zero-order valence-corrected chi connectivity index (χ0v) is 11.9. The smallest absolute Gasteiger partial charge is 0.0660 e. The van der Waals surface area contributed by atoms with Crippen molar-refractivity contribution in [2.45, 2.75) is 13.5 Å². The Kier molecular flexibility index (Phi) is 4.96. The maximum atomic E-state index is 6.29. The van der Waals surface area contributed by atoms with E-state index in [2.05, 4.69) is 10.4 Å². The molecule has 0 saturated carbocycles. The lowest BCUT2D eigenvalue weighted by Crippen LogP contribution is -2.18. The van der Waals surface area contributed by atoms with Gasteiger partial charge in [0, 0.05) is 31.4 Å². The van der Waals surface area contributed by atoms with E-state index in [9.17, 15) is 0 Å². The average molecular weight is 280 g/mol. The maximum absolute atomic E-state index is 6.29. The minimum atomic E-state index is 0.697. The maximum Gasteiger partial charge on any atom is 0.0660 e. The quantitative estimate of drug-likeness (QED) is 0.826. The second-order valence-electron chi connectivity index (χ2n) is 4.41. The average Bonchev–Trinajstić information content (AvgIpc) is 2.83. The second kappa shape index (κ2) is 6.70. The number of methoxy groups -OCH3 is 1. The zero-order chi connectivity index (χ0) is 13.7. The summed E-state index contributed by atoms with van der Waals surface area (Å²) in [5.74, 6) is 0. The van der Waals surface area contributed by atoms with Crippen LogP contribution in [0, 0.1) is 6.92 Å². The lowest BCUT2D eigenvalue weighted by molar-refractivity contribution is 0.199. The Morgan fingerprint density at radius 1 is 1.42 bits per heavy atom. The van der Waals surface area contributed by atoms with E-state index in [1.54, 1.807) is 7.11 Å². The van der Waals surface area contributed by atoms with Crippen molar-refractivity contribution in [3.05, 3.63) is 46.7 Å². The van der Waals surface area contributed by atoms with Gasteiger partial charge >= 0.3 is 0 Å². The lowest BCUT2D eigenvalue weighted by atomic mass is 10.2. The minimum absolute atomic E-state index is 0.697. The molecule has 0 radical (unpaired) electrons. The van der Waals surface area contributed by atoms with Crippen molar-refractivity contribution in [3.8, 4) is 5.69 Å². The summed E-state index contributed by atoms with van der Waals surface area (Å²) in [6, 6.07) is 5.97. The third-order valence-electron chi connectivity index (χ3n) is 2.81. The van der Waals surface area contributed by atoms with Crippen LogP contribution in [-0.2, 0) is 11.3 Å². The molecule has 2 rings (SSSR count). The number of nitrogens with zero attached hydrogens (tertiary/aromatic N) is 2. The van der Waals surface area contributed by atoms with E-state index in [4.69, 9.17) is 16.3 Å². The van der Waals surface area contributed by atoms with Crippen LogP contribution in [0.3, 0.4) is 0 Å². The number of aryl methyl sites for hydroxylation is 1. The fourth-order valence-electron chi connectivity index (χ4n) is 1.77. The van der Waals surface area contributed by atoms with Crippen molar-refractivity contribution in [1.82, 2.24) is 15.1 Å². The van der Waals surface area contributed by atoms with Crippen LogP contribution in [0.15, 0.2) is 30.6 Å². The van der Waals surface area contributed by atoms with Gasteiger partial charge in [-0.05, 0) is 30.2 Å². The Morgan fingerprint density at radius 3 is 2.89 bits per heavy atom. The fraction of sp³-hybridized carbons (Fsp3) is 0.357. The Hall–Kier alpha value is -1.36. The molecule has 0 fully saturated rings. The molecule has 0 spiro atoms. The lowest BCUT2D eigenvalue weighted by Gasteiger charge is -2.08. The number of halogens is 1. The van der Waals surface area contributed by atoms with Crippen molar-refractivity contribution in [2.75, 3.05) is 20.3 Å². The number of rotatable bonds is 6. The molecule has 0 bridgehead atoms. The molecule has 0 atom stereocenters. The number of hydrogen-bond acceptors (Lipinski definition) is 3. The molecule has 1 N–H and O–H groups in total. The van der Waals surface area contributed by atoms with Crippen molar-refractivity contribution in [3.63, 3.8) is 0 Å². The van der Waals surface area contributed by atoms with Gasteiger partial charge in [-0.3, -0.25) is 0 Å². The number of ether oxygens (including phenoxy) is 1.